The van der Waals surface area contributed by atoms with Gasteiger partial charge in [-0.2, -0.15) is 0 Å². The SMILES string of the molecule is O=C(CC1CCCC1)NCC#CCOc1ccc(F)cc1F. The Bertz CT molecular complexity index is 572. The van der Waals surface area contributed by atoms with Crippen LogP contribution in [-0.4, -0.2) is 19.1 Å². The van der Waals surface area contributed by atoms with Gasteiger partial charge in [-0.3, -0.25) is 4.79 Å². The fraction of sp³-hybridized carbons (Fsp3) is 0.471. The first-order chi connectivity index (χ1) is 10.6. The normalized spacial score (nSPS) is 14.3. The topological polar surface area (TPSA) is 38.3 Å². The predicted octanol–water partition coefficient (Wildman–Crippen LogP) is 3.04. The Kier molecular flexibility index (Phi) is 6.20. The molecular formula is C17H19F2NO2. The Hall–Kier alpha value is -2.09. The monoisotopic (exact) mass is 307 g/mol. The standard InChI is InChI=1S/C17H19F2NO2/c18-14-7-8-16(15(19)12-14)22-10-4-3-9-20-17(21)11-13-5-1-2-6-13/h7-8,12-13H,1-2,5-6,9-11H2,(H,20,21). The van der Waals surface area contributed by atoms with Gasteiger partial charge in [0.15, 0.2) is 11.6 Å². The summed E-state index contributed by atoms with van der Waals surface area (Å²) in [6, 6.07) is 3.09. The van der Waals surface area contributed by atoms with E-state index in [-0.39, 0.29) is 24.8 Å². The molecule has 0 saturated heterocycles. The maximum absolute atomic E-state index is 13.3. The van der Waals surface area contributed by atoms with E-state index >= 15 is 0 Å². The van der Waals surface area contributed by atoms with Crippen LogP contribution in [0.2, 0.25) is 0 Å². The van der Waals surface area contributed by atoms with Crippen molar-refractivity contribution in [2.75, 3.05) is 13.2 Å². The Morgan fingerprint density at radius 1 is 1.27 bits per heavy atom. The molecule has 5 heteroatoms. The summed E-state index contributed by atoms with van der Waals surface area (Å²) in [4.78, 5) is 11.6. The van der Waals surface area contributed by atoms with Gasteiger partial charge in [0.2, 0.25) is 5.91 Å². The molecule has 1 N–H and O–H groups in total. The average molecular weight is 307 g/mol. The molecule has 1 amide bonds. The molecular weight excluding hydrogens is 288 g/mol. The molecule has 0 aromatic heterocycles. The maximum atomic E-state index is 13.3. The van der Waals surface area contributed by atoms with Gasteiger partial charge in [-0.15, -0.1) is 0 Å². The van der Waals surface area contributed by atoms with Crippen LogP contribution in [0.3, 0.4) is 0 Å². The predicted molar refractivity (Wildman–Crippen MR) is 79.2 cm³/mol. The molecule has 0 bridgehead atoms. The van der Waals surface area contributed by atoms with Crippen molar-refractivity contribution in [3.05, 3.63) is 29.8 Å². The van der Waals surface area contributed by atoms with E-state index in [0.717, 1.165) is 25.0 Å². The lowest BCUT2D eigenvalue weighted by Crippen LogP contribution is -2.25. The molecule has 0 unspecified atom stereocenters. The van der Waals surface area contributed by atoms with E-state index in [0.29, 0.717) is 12.3 Å². The molecule has 1 aromatic carbocycles. The van der Waals surface area contributed by atoms with Crippen molar-refractivity contribution in [3.63, 3.8) is 0 Å². The lowest BCUT2D eigenvalue weighted by Gasteiger charge is -2.07. The third-order valence-electron chi connectivity index (χ3n) is 3.64. The van der Waals surface area contributed by atoms with Crippen molar-refractivity contribution in [2.45, 2.75) is 32.1 Å². The summed E-state index contributed by atoms with van der Waals surface area (Å²) in [5.74, 6) is 4.50. The third kappa shape index (κ3) is 5.36. The van der Waals surface area contributed by atoms with Crippen molar-refractivity contribution in [3.8, 4) is 17.6 Å². The first-order valence-corrected chi connectivity index (χ1v) is 7.45. The van der Waals surface area contributed by atoms with Crippen LogP contribution in [0, 0.1) is 29.4 Å². The third-order valence-corrected chi connectivity index (χ3v) is 3.64. The van der Waals surface area contributed by atoms with Crippen LogP contribution in [0.4, 0.5) is 8.78 Å². The molecule has 0 spiro atoms. The van der Waals surface area contributed by atoms with E-state index in [9.17, 15) is 13.6 Å². The molecule has 1 fully saturated rings. The highest BCUT2D eigenvalue weighted by molar-refractivity contribution is 5.76. The molecule has 22 heavy (non-hydrogen) atoms. The molecule has 1 aliphatic rings. The Labute approximate surface area is 129 Å². The second-order valence-corrected chi connectivity index (χ2v) is 5.35. The molecule has 1 saturated carbocycles. The van der Waals surface area contributed by atoms with Gasteiger partial charge in [-0.05, 0) is 30.9 Å². The van der Waals surface area contributed by atoms with Gasteiger partial charge < -0.3 is 10.1 Å². The van der Waals surface area contributed by atoms with Crippen molar-refractivity contribution in [1.82, 2.24) is 5.32 Å². The van der Waals surface area contributed by atoms with Gasteiger partial charge in [0.1, 0.15) is 12.4 Å². The summed E-state index contributed by atoms with van der Waals surface area (Å²) >= 11 is 0. The number of carbonyl (C=O) groups excluding carboxylic acids is 1. The number of halogens is 2. The number of hydrogen-bond donors (Lipinski definition) is 1. The quantitative estimate of drug-likeness (QED) is 0.849. The zero-order valence-electron chi connectivity index (χ0n) is 12.3. The summed E-state index contributed by atoms with van der Waals surface area (Å²) in [5, 5.41) is 2.74. The highest BCUT2D eigenvalue weighted by atomic mass is 19.1. The Morgan fingerprint density at radius 2 is 2.05 bits per heavy atom. The van der Waals surface area contributed by atoms with E-state index < -0.39 is 11.6 Å². The zero-order chi connectivity index (χ0) is 15.8. The van der Waals surface area contributed by atoms with Gasteiger partial charge in [0.25, 0.3) is 0 Å². The minimum atomic E-state index is -0.758. The highest BCUT2D eigenvalue weighted by Crippen LogP contribution is 2.27. The first kappa shape index (κ1) is 16.3. The first-order valence-electron chi connectivity index (χ1n) is 7.45. The van der Waals surface area contributed by atoms with Gasteiger partial charge in [0, 0.05) is 12.5 Å². The van der Waals surface area contributed by atoms with E-state index in [1.54, 1.807) is 0 Å². The van der Waals surface area contributed by atoms with Crippen LogP contribution in [0.5, 0.6) is 5.75 Å². The number of ether oxygens (including phenoxy) is 1. The number of benzene rings is 1. The summed E-state index contributed by atoms with van der Waals surface area (Å²) in [6.45, 7) is 0.238. The number of carbonyl (C=O) groups is 1. The van der Waals surface area contributed by atoms with Gasteiger partial charge >= 0.3 is 0 Å². The summed E-state index contributed by atoms with van der Waals surface area (Å²) in [5.41, 5.74) is 0. The molecule has 2 rings (SSSR count). The summed E-state index contributed by atoms with van der Waals surface area (Å²) in [7, 11) is 0. The highest BCUT2D eigenvalue weighted by Gasteiger charge is 2.17. The molecule has 0 aliphatic heterocycles. The summed E-state index contributed by atoms with van der Waals surface area (Å²) < 4.78 is 31.0. The number of hydrogen-bond acceptors (Lipinski definition) is 2. The Balaban J connectivity index is 1.63. The van der Waals surface area contributed by atoms with Crippen molar-refractivity contribution in [2.24, 2.45) is 5.92 Å². The minimum absolute atomic E-state index is 0.0128. The fourth-order valence-corrected chi connectivity index (χ4v) is 2.51. The number of nitrogens with one attached hydrogen (secondary N) is 1. The molecule has 0 heterocycles. The lowest BCUT2D eigenvalue weighted by molar-refractivity contribution is -0.121. The van der Waals surface area contributed by atoms with Crippen LogP contribution in [0.15, 0.2) is 18.2 Å². The van der Waals surface area contributed by atoms with Crippen molar-refractivity contribution < 1.29 is 18.3 Å². The van der Waals surface area contributed by atoms with Crippen LogP contribution in [-0.2, 0) is 4.79 Å². The maximum Gasteiger partial charge on any atom is 0.221 e. The van der Waals surface area contributed by atoms with Crippen LogP contribution < -0.4 is 10.1 Å². The van der Waals surface area contributed by atoms with Gasteiger partial charge in [0.05, 0.1) is 6.54 Å². The molecule has 1 aromatic rings. The van der Waals surface area contributed by atoms with Crippen LogP contribution in [0.1, 0.15) is 32.1 Å². The largest absolute Gasteiger partial charge is 0.478 e. The minimum Gasteiger partial charge on any atom is -0.478 e. The molecule has 0 radical (unpaired) electrons. The molecule has 0 atom stereocenters. The summed E-state index contributed by atoms with van der Waals surface area (Å²) in [6.07, 6.45) is 5.27. The Morgan fingerprint density at radius 3 is 2.77 bits per heavy atom. The van der Waals surface area contributed by atoms with E-state index in [1.807, 2.05) is 0 Å². The smallest absolute Gasteiger partial charge is 0.221 e. The zero-order valence-corrected chi connectivity index (χ0v) is 12.3. The van der Waals surface area contributed by atoms with E-state index in [1.165, 1.54) is 18.9 Å². The van der Waals surface area contributed by atoms with Gasteiger partial charge in [-0.1, -0.05) is 24.7 Å². The van der Waals surface area contributed by atoms with Crippen LogP contribution in [0.25, 0.3) is 0 Å². The average Bonchev–Trinajstić information content (AvgIpc) is 2.97. The fourth-order valence-electron chi connectivity index (χ4n) is 2.51. The second kappa shape index (κ2) is 8.38. The molecule has 1 aliphatic carbocycles. The second-order valence-electron chi connectivity index (χ2n) is 5.35. The van der Waals surface area contributed by atoms with E-state index in [4.69, 9.17) is 4.74 Å². The lowest BCUT2D eigenvalue weighted by atomic mass is 10.0. The van der Waals surface area contributed by atoms with Crippen molar-refractivity contribution >= 4 is 5.91 Å². The van der Waals surface area contributed by atoms with Crippen molar-refractivity contribution in [1.29, 1.82) is 0 Å². The van der Waals surface area contributed by atoms with Crippen LogP contribution >= 0.6 is 0 Å². The number of rotatable bonds is 5. The van der Waals surface area contributed by atoms with E-state index in [2.05, 4.69) is 17.2 Å². The number of amides is 1. The molecule has 3 nitrogen and oxygen atoms in total. The van der Waals surface area contributed by atoms with Gasteiger partial charge in [-0.25, -0.2) is 8.78 Å². The molecule has 118 valence electrons.